The van der Waals surface area contributed by atoms with Gasteiger partial charge >= 0.3 is 5.97 Å². The van der Waals surface area contributed by atoms with Crippen LogP contribution in [0.2, 0.25) is 5.02 Å². The van der Waals surface area contributed by atoms with Crippen LogP contribution in [0.25, 0.3) is 6.08 Å². The molecule has 1 aromatic heterocycles. The highest BCUT2D eigenvalue weighted by atomic mass is 35.5. The third-order valence-corrected chi connectivity index (χ3v) is 5.49. The summed E-state index contributed by atoms with van der Waals surface area (Å²) < 4.78 is 10.8. The first-order chi connectivity index (χ1) is 14.0. The van der Waals surface area contributed by atoms with Gasteiger partial charge in [0, 0.05) is 5.02 Å². The summed E-state index contributed by atoms with van der Waals surface area (Å²) in [5.41, 5.74) is 1.31. The van der Waals surface area contributed by atoms with Crippen molar-refractivity contribution in [2.75, 3.05) is 4.90 Å². The number of carbonyl (C=O) groups is 2. The highest BCUT2D eigenvalue weighted by Gasteiger charge is 2.33. The van der Waals surface area contributed by atoms with E-state index in [9.17, 15) is 9.59 Å². The Morgan fingerprint density at radius 1 is 1.14 bits per heavy atom. The lowest BCUT2D eigenvalue weighted by Crippen LogP contribution is -2.27. The first-order valence-corrected chi connectivity index (χ1v) is 10.0. The van der Waals surface area contributed by atoms with Gasteiger partial charge in [-0.3, -0.25) is 9.69 Å². The van der Waals surface area contributed by atoms with Crippen molar-refractivity contribution in [3.05, 3.63) is 88.2 Å². The van der Waals surface area contributed by atoms with E-state index in [-0.39, 0.29) is 11.7 Å². The van der Waals surface area contributed by atoms with Gasteiger partial charge in [0.15, 0.2) is 4.32 Å². The average molecular weight is 442 g/mol. The molecule has 5 nitrogen and oxygen atoms in total. The van der Waals surface area contributed by atoms with Gasteiger partial charge in [0.25, 0.3) is 5.91 Å². The van der Waals surface area contributed by atoms with E-state index in [4.69, 9.17) is 33.0 Å². The first-order valence-electron chi connectivity index (χ1n) is 8.40. The van der Waals surface area contributed by atoms with Gasteiger partial charge in [-0.05, 0) is 54.1 Å². The fraction of sp³-hybridized carbons (Fsp3) is 0. The van der Waals surface area contributed by atoms with Gasteiger partial charge < -0.3 is 9.15 Å². The number of furan rings is 1. The predicted octanol–water partition coefficient (Wildman–Crippen LogP) is 5.56. The van der Waals surface area contributed by atoms with Crippen LogP contribution in [0, 0.1) is 0 Å². The molecule has 0 aliphatic carbocycles. The van der Waals surface area contributed by atoms with Gasteiger partial charge in [0.1, 0.15) is 5.75 Å². The normalized spacial score (nSPS) is 15.2. The van der Waals surface area contributed by atoms with Crippen LogP contribution in [0.3, 0.4) is 0 Å². The van der Waals surface area contributed by atoms with Crippen LogP contribution >= 0.6 is 35.6 Å². The van der Waals surface area contributed by atoms with Crippen LogP contribution in [-0.4, -0.2) is 16.2 Å². The minimum atomic E-state index is -0.598. The Bertz CT molecular complexity index is 1140. The number of nitrogens with zero attached hydrogens (tertiary/aromatic N) is 1. The van der Waals surface area contributed by atoms with Gasteiger partial charge in [-0.15, -0.1) is 0 Å². The van der Waals surface area contributed by atoms with Gasteiger partial charge in [0.05, 0.1) is 16.9 Å². The summed E-state index contributed by atoms with van der Waals surface area (Å²) in [6, 6.07) is 16.9. The summed E-state index contributed by atoms with van der Waals surface area (Å²) in [6.07, 6.45) is 3.10. The molecule has 29 heavy (non-hydrogen) atoms. The van der Waals surface area contributed by atoms with Crippen molar-refractivity contribution in [2.24, 2.45) is 0 Å². The average Bonchev–Trinajstić information content (AvgIpc) is 3.31. The third-order valence-electron chi connectivity index (χ3n) is 3.95. The van der Waals surface area contributed by atoms with E-state index in [0.717, 1.165) is 0 Å². The van der Waals surface area contributed by atoms with E-state index >= 15 is 0 Å². The van der Waals surface area contributed by atoms with Gasteiger partial charge in [0.2, 0.25) is 5.76 Å². The van der Waals surface area contributed by atoms with Crippen molar-refractivity contribution in [2.45, 2.75) is 0 Å². The number of benzene rings is 2. The zero-order valence-electron chi connectivity index (χ0n) is 14.7. The van der Waals surface area contributed by atoms with Crippen LogP contribution < -0.4 is 9.64 Å². The van der Waals surface area contributed by atoms with E-state index in [2.05, 4.69) is 0 Å². The minimum Gasteiger partial charge on any atom is -0.457 e. The molecule has 1 aliphatic rings. The Balaban J connectivity index is 1.56. The van der Waals surface area contributed by atoms with Crippen LogP contribution in [0.5, 0.6) is 5.75 Å². The summed E-state index contributed by atoms with van der Waals surface area (Å²) in [7, 11) is 0. The number of anilines is 1. The smallest absolute Gasteiger partial charge is 0.379 e. The van der Waals surface area contributed by atoms with Gasteiger partial charge in [-0.2, -0.15) is 0 Å². The molecule has 3 aromatic rings. The zero-order valence-corrected chi connectivity index (χ0v) is 17.1. The summed E-state index contributed by atoms with van der Waals surface area (Å²) in [6.45, 7) is 0. The predicted molar refractivity (Wildman–Crippen MR) is 117 cm³/mol. The molecule has 144 valence electrons. The lowest BCUT2D eigenvalue weighted by atomic mass is 10.2. The van der Waals surface area contributed by atoms with Crippen molar-refractivity contribution >= 4 is 63.5 Å². The molecule has 0 spiro atoms. The lowest BCUT2D eigenvalue weighted by Gasteiger charge is -2.14. The largest absolute Gasteiger partial charge is 0.457 e. The minimum absolute atomic E-state index is 0.109. The quantitative estimate of drug-likeness (QED) is 0.229. The molecule has 0 atom stereocenters. The maximum absolute atomic E-state index is 12.9. The molecular weight excluding hydrogens is 430 g/mol. The van der Waals surface area contributed by atoms with Gasteiger partial charge in [-0.1, -0.05) is 53.8 Å². The van der Waals surface area contributed by atoms with E-state index in [1.807, 2.05) is 0 Å². The van der Waals surface area contributed by atoms with Crippen LogP contribution in [0.15, 0.2) is 76.2 Å². The molecular formula is C21H12ClNO4S2. The number of halogens is 1. The van der Waals surface area contributed by atoms with Crippen LogP contribution in [0.1, 0.15) is 16.1 Å². The molecule has 0 saturated carbocycles. The number of amides is 1. The maximum atomic E-state index is 12.9. The van der Waals surface area contributed by atoms with Crippen molar-refractivity contribution in [3.63, 3.8) is 0 Å². The molecule has 2 heterocycles. The summed E-state index contributed by atoms with van der Waals surface area (Å²) in [5.74, 6) is -0.386. The highest BCUT2D eigenvalue weighted by molar-refractivity contribution is 8.27. The SMILES string of the molecule is O=C(Oc1cccc(/C=C2\SC(=S)N(c3cccc(Cl)c3)C2=O)c1)c1ccco1. The van der Waals surface area contributed by atoms with E-state index in [1.54, 1.807) is 60.7 Å². The van der Waals surface area contributed by atoms with Crippen molar-refractivity contribution in [3.8, 4) is 5.75 Å². The zero-order chi connectivity index (χ0) is 20.4. The number of esters is 1. The molecule has 1 fully saturated rings. The molecule has 1 saturated heterocycles. The Hall–Kier alpha value is -2.87. The molecule has 1 amide bonds. The number of ether oxygens (including phenoxy) is 1. The molecule has 0 radical (unpaired) electrons. The monoisotopic (exact) mass is 441 g/mol. The second-order valence-corrected chi connectivity index (χ2v) is 8.05. The standard InChI is InChI=1S/C21H12ClNO4S2/c22-14-5-2-6-15(12-14)23-19(24)18(29-21(23)28)11-13-4-1-7-16(10-13)27-20(25)17-8-3-9-26-17/h1-12H/b18-11-. The maximum Gasteiger partial charge on any atom is 0.379 e. The molecule has 0 unspecified atom stereocenters. The van der Waals surface area contributed by atoms with E-state index in [1.165, 1.54) is 29.0 Å². The Labute approximate surface area is 180 Å². The molecule has 0 N–H and O–H groups in total. The fourth-order valence-corrected chi connectivity index (χ4v) is 4.16. The van der Waals surface area contributed by atoms with Crippen molar-refractivity contribution < 1.29 is 18.7 Å². The number of hydrogen-bond acceptors (Lipinski definition) is 6. The molecule has 8 heteroatoms. The molecule has 2 aromatic carbocycles. The number of rotatable bonds is 4. The first kappa shape index (κ1) is 19.4. The van der Waals surface area contributed by atoms with E-state index in [0.29, 0.717) is 31.2 Å². The Morgan fingerprint density at radius 3 is 2.72 bits per heavy atom. The molecule has 4 rings (SSSR count). The Morgan fingerprint density at radius 2 is 1.97 bits per heavy atom. The number of carbonyl (C=O) groups excluding carboxylic acids is 2. The second-order valence-electron chi connectivity index (χ2n) is 5.94. The lowest BCUT2D eigenvalue weighted by molar-refractivity contribution is -0.113. The number of thiocarbonyl (C=S) groups is 1. The van der Waals surface area contributed by atoms with Crippen molar-refractivity contribution in [1.82, 2.24) is 0 Å². The van der Waals surface area contributed by atoms with E-state index < -0.39 is 5.97 Å². The topological polar surface area (TPSA) is 59.8 Å². The third kappa shape index (κ3) is 4.27. The summed E-state index contributed by atoms with van der Waals surface area (Å²) >= 11 is 12.6. The molecule has 0 bridgehead atoms. The van der Waals surface area contributed by atoms with Crippen LogP contribution in [0.4, 0.5) is 5.69 Å². The molecule has 1 aliphatic heterocycles. The summed E-state index contributed by atoms with van der Waals surface area (Å²) in [5, 5.41) is 0.520. The van der Waals surface area contributed by atoms with Gasteiger partial charge in [-0.25, -0.2) is 4.79 Å². The number of hydrogen-bond donors (Lipinski definition) is 0. The van der Waals surface area contributed by atoms with Crippen LogP contribution in [-0.2, 0) is 4.79 Å². The highest BCUT2D eigenvalue weighted by Crippen LogP contribution is 2.36. The fourth-order valence-electron chi connectivity index (χ4n) is 2.68. The summed E-state index contributed by atoms with van der Waals surface area (Å²) in [4.78, 5) is 26.8. The van der Waals surface area contributed by atoms with Crippen molar-refractivity contribution in [1.29, 1.82) is 0 Å². The number of thioether (sulfide) groups is 1. The Kier molecular flexibility index (Phi) is 5.53. The second kappa shape index (κ2) is 8.24.